The number of carbonyl (C=O) groups is 2. The lowest BCUT2D eigenvalue weighted by molar-refractivity contribution is -0.143. The number of benzene rings is 3. The van der Waals surface area contributed by atoms with E-state index in [0.29, 0.717) is 0 Å². The molecule has 4 aliphatic rings. The van der Waals surface area contributed by atoms with E-state index in [-0.39, 0.29) is 54.2 Å². The van der Waals surface area contributed by atoms with Crippen LogP contribution in [0, 0.1) is 27.7 Å². The van der Waals surface area contributed by atoms with E-state index in [1.165, 1.54) is 24.8 Å². The number of epoxide rings is 1. The first-order chi connectivity index (χ1) is 29.6. The molecule has 6 aromatic rings. The summed E-state index contributed by atoms with van der Waals surface area (Å²) in [7, 11) is 0. The summed E-state index contributed by atoms with van der Waals surface area (Å²) in [5.74, 6) is 2.09. The summed E-state index contributed by atoms with van der Waals surface area (Å²) in [6.45, 7) is 23.7. The van der Waals surface area contributed by atoms with Gasteiger partial charge in [0.2, 0.25) is 0 Å². The predicted octanol–water partition coefficient (Wildman–Crippen LogP) is 11.0. The smallest absolute Gasteiger partial charge is 0.303 e. The third kappa shape index (κ3) is 9.39. The second-order valence-electron chi connectivity index (χ2n) is 18.5. The van der Waals surface area contributed by atoms with Gasteiger partial charge in [0.15, 0.2) is 0 Å². The summed E-state index contributed by atoms with van der Waals surface area (Å²) in [6, 6.07) is 18.3. The van der Waals surface area contributed by atoms with E-state index in [0.717, 1.165) is 89.5 Å². The molecule has 3 aromatic heterocycles. The van der Waals surface area contributed by atoms with Crippen LogP contribution >= 0.6 is 0 Å². The molecule has 11 heteroatoms. The Morgan fingerprint density at radius 3 is 1.51 bits per heavy atom. The van der Waals surface area contributed by atoms with E-state index in [1.54, 1.807) is 0 Å². The average Bonchev–Trinajstić information content (AvgIpc) is 4.01. The molecule has 1 saturated heterocycles. The molecule has 0 unspecified atom stereocenters. The Morgan fingerprint density at radius 1 is 0.571 bits per heavy atom. The molecule has 4 aliphatic heterocycles. The van der Waals surface area contributed by atoms with Gasteiger partial charge in [0.05, 0.1) is 27.9 Å². The van der Waals surface area contributed by atoms with Gasteiger partial charge in [-0.1, -0.05) is 12.2 Å². The van der Waals surface area contributed by atoms with Crippen molar-refractivity contribution in [2.24, 2.45) is 0 Å². The van der Waals surface area contributed by atoms with Gasteiger partial charge in [0, 0.05) is 52.4 Å². The molecule has 3 aromatic carbocycles. The Balaban J connectivity index is 0.000000131. The minimum atomic E-state index is -0.306. The number of aryl methyl sites for hydroxylation is 4. The molecule has 0 bridgehead atoms. The summed E-state index contributed by atoms with van der Waals surface area (Å²) in [6.07, 6.45) is 8.52. The van der Waals surface area contributed by atoms with E-state index in [4.69, 9.17) is 28.4 Å². The number of pyridine rings is 3. The highest BCUT2D eigenvalue weighted by molar-refractivity contribution is 5.89. The Kier molecular flexibility index (Phi) is 11.1. The number of rotatable bonds is 4. The largest absolute Gasteiger partial charge is 0.485 e. The van der Waals surface area contributed by atoms with Crippen LogP contribution in [0.25, 0.3) is 44.9 Å². The number of esters is 2. The number of ether oxygens (including phenoxy) is 6. The van der Waals surface area contributed by atoms with Crippen molar-refractivity contribution in [1.29, 1.82) is 0 Å². The molecule has 7 heterocycles. The lowest BCUT2D eigenvalue weighted by atomic mass is 9.93. The fourth-order valence-electron chi connectivity index (χ4n) is 8.30. The first kappa shape index (κ1) is 43.3. The van der Waals surface area contributed by atoms with Gasteiger partial charge in [-0.15, -0.1) is 0 Å². The molecule has 63 heavy (non-hydrogen) atoms. The van der Waals surface area contributed by atoms with Crippen LogP contribution in [0.2, 0.25) is 0 Å². The van der Waals surface area contributed by atoms with Crippen molar-refractivity contribution in [3.05, 3.63) is 117 Å². The zero-order valence-electron chi connectivity index (χ0n) is 38.2. The maximum atomic E-state index is 11.0. The summed E-state index contributed by atoms with van der Waals surface area (Å²) >= 11 is 0. The van der Waals surface area contributed by atoms with Crippen LogP contribution in [0.4, 0.5) is 0 Å². The third-order valence-corrected chi connectivity index (χ3v) is 11.5. The highest BCUT2D eigenvalue weighted by Gasteiger charge is 2.56. The van der Waals surface area contributed by atoms with Crippen molar-refractivity contribution in [1.82, 2.24) is 15.0 Å². The summed E-state index contributed by atoms with van der Waals surface area (Å²) < 4.78 is 34.0. The van der Waals surface area contributed by atoms with Crippen LogP contribution in [0.1, 0.15) is 112 Å². The lowest BCUT2D eigenvalue weighted by Gasteiger charge is -2.29. The number of nitrogens with zero attached hydrogens (tertiary/aromatic N) is 3. The van der Waals surface area contributed by atoms with Crippen LogP contribution in [0.15, 0.2) is 66.7 Å². The number of aromatic nitrogens is 3. The standard InChI is InChI=1S/C18H19NO4.C18H19NO3.C16H17NO/c1-9-5-11(8-21-10(2)20)19-14-6-13-15(7-12(9)14)23-18(3,4)17-16(13)22-17;1-11-7-14(10-21-12(2)20)19-16-8-13-5-6-18(3,4)22-17(13)9-15(11)16;1-10-7-11(2)17-14-8-12-5-6-16(3,4)18-15(12)9-13(10)14/h5-7,16-17H,8H2,1-4H3;5-9H,10H2,1-4H3;5-9H,1-4H3/t16-,17-;;/m1../s1. The second-order valence-corrected chi connectivity index (χ2v) is 18.5. The van der Waals surface area contributed by atoms with Gasteiger partial charge in [-0.2, -0.15) is 0 Å². The van der Waals surface area contributed by atoms with Gasteiger partial charge in [-0.25, -0.2) is 9.97 Å². The molecule has 0 saturated carbocycles. The molecule has 0 spiro atoms. The van der Waals surface area contributed by atoms with Crippen molar-refractivity contribution in [3.63, 3.8) is 0 Å². The highest BCUT2D eigenvalue weighted by Crippen LogP contribution is 2.54. The Hall–Kier alpha value is -6.33. The molecular weight excluding hydrogens is 795 g/mol. The van der Waals surface area contributed by atoms with E-state index < -0.39 is 0 Å². The normalized spacial score (nSPS) is 18.7. The molecule has 0 aliphatic carbocycles. The first-order valence-corrected chi connectivity index (χ1v) is 21.3. The maximum Gasteiger partial charge on any atom is 0.303 e. The predicted molar refractivity (Wildman–Crippen MR) is 245 cm³/mol. The Labute approximate surface area is 368 Å². The van der Waals surface area contributed by atoms with Crippen LogP contribution in [0.5, 0.6) is 17.2 Å². The fraction of sp³-hybridized carbons (Fsp3) is 0.365. The number of carbonyl (C=O) groups excluding carboxylic acids is 2. The van der Waals surface area contributed by atoms with Crippen molar-refractivity contribution in [2.75, 3.05) is 0 Å². The molecular formula is C52H55N3O8. The Morgan fingerprint density at radius 2 is 1.02 bits per heavy atom. The summed E-state index contributed by atoms with van der Waals surface area (Å²) in [4.78, 5) is 35.7. The maximum absolute atomic E-state index is 11.0. The molecule has 326 valence electrons. The average molecular weight is 850 g/mol. The SMILES string of the molecule is CC(=O)OCc1cc(C)c2cc3c(cc2n1)C=CC(C)(C)O3.CC(=O)OCc1cc(C)c2cc3c(cc2n1)[C@H]1O[C@H]1C(C)(C)O3.Cc1cc(C)c2cc3c(cc2n1)C=CC(C)(C)O3. The van der Waals surface area contributed by atoms with E-state index in [2.05, 4.69) is 86.0 Å². The molecule has 10 rings (SSSR count). The van der Waals surface area contributed by atoms with E-state index >= 15 is 0 Å². The Bertz CT molecular complexity index is 2910. The van der Waals surface area contributed by atoms with Gasteiger partial charge in [0.1, 0.15) is 59.5 Å². The zero-order valence-corrected chi connectivity index (χ0v) is 38.2. The molecule has 0 N–H and O–H groups in total. The van der Waals surface area contributed by atoms with Crippen molar-refractivity contribution in [3.8, 4) is 17.2 Å². The van der Waals surface area contributed by atoms with Gasteiger partial charge in [-0.3, -0.25) is 14.6 Å². The van der Waals surface area contributed by atoms with Crippen LogP contribution in [-0.4, -0.2) is 49.8 Å². The quantitative estimate of drug-likeness (QED) is 0.124. The minimum absolute atomic E-state index is 0.0948. The fourth-order valence-corrected chi connectivity index (χ4v) is 8.30. The van der Waals surface area contributed by atoms with Gasteiger partial charge >= 0.3 is 11.9 Å². The first-order valence-electron chi connectivity index (χ1n) is 21.3. The van der Waals surface area contributed by atoms with Gasteiger partial charge in [-0.05, 0) is 153 Å². The van der Waals surface area contributed by atoms with Crippen molar-refractivity contribution in [2.45, 2.75) is 125 Å². The topological polar surface area (TPSA) is 131 Å². The van der Waals surface area contributed by atoms with E-state index in [1.807, 2.05) is 77.1 Å². The highest BCUT2D eigenvalue weighted by atomic mass is 16.6. The van der Waals surface area contributed by atoms with Crippen LogP contribution in [0.3, 0.4) is 0 Å². The number of hydrogen-bond donors (Lipinski definition) is 0. The second kappa shape index (κ2) is 16.1. The monoisotopic (exact) mass is 849 g/mol. The summed E-state index contributed by atoms with van der Waals surface area (Å²) in [5, 5.41) is 3.27. The van der Waals surface area contributed by atoms with Crippen molar-refractivity contribution >= 4 is 56.8 Å². The van der Waals surface area contributed by atoms with Gasteiger partial charge < -0.3 is 28.4 Å². The third-order valence-electron chi connectivity index (χ3n) is 11.5. The van der Waals surface area contributed by atoms with Crippen LogP contribution in [-0.2, 0) is 37.0 Å². The van der Waals surface area contributed by atoms with Crippen LogP contribution < -0.4 is 14.2 Å². The minimum Gasteiger partial charge on any atom is -0.485 e. The van der Waals surface area contributed by atoms with E-state index in [9.17, 15) is 9.59 Å². The molecule has 1 fully saturated rings. The number of hydrogen-bond acceptors (Lipinski definition) is 11. The molecule has 0 amide bonds. The molecule has 2 atom stereocenters. The summed E-state index contributed by atoms with van der Waals surface area (Å²) in [5.41, 5.74) is 11.1. The number of fused-ring (bicyclic) bond motifs is 8. The zero-order chi connectivity index (χ0) is 45.2. The lowest BCUT2D eigenvalue weighted by Crippen LogP contribution is -2.37. The van der Waals surface area contributed by atoms with Crippen molar-refractivity contribution < 1.29 is 38.0 Å². The molecule has 0 radical (unpaired) electrons. The molecule has 11 nitrogen and oxygen atoms in total. The van der Waals surface area contributed by atoms with Gasteiger partial charge in [0.25, 0.3) is 0 Å².